The van der Waals surface area contributed by atoms with Crippen molar-refractivity contribution in [3.8, 4) is 0 Å². The molecule has 0 saturated heterocycles. The van der Waals surface area contributed by atoms with Gasteiger partial charge in [-0.3, -0.25) is 13.9 Å². The van der Waals surface area contributed by atoms with Gasteiger partial charge in [0.25, 0.3) is 10.0 Å². The van der Waals surface area contributed by atoms with E-state index in [4.69, 9.17) is 23.2 Å². The van der Waals surface area contributed by atoms with Crippen molar-refractivity contribution in [1.82, 2.24) is 10.2 Å². The zero-order valence-electron chi connectivity index (χ0n) is 22.9. The molecule has 0 radical (unpaired) electrons. The molecule has 0 fully saturated rings. The molecule has 2 amide bonds. The fourth-order valence-electron chi connectivity index (χ4n) is 4.36. The number of para-hydroxylation sites is 1. The minimum Gasteiger partial charge on any atom is -0.354 e. The quantitative estimate of drug-likeness (QED) is 0.235. The van der Waals surface area contributed by atoms with Crippen LogP contribution >= 0.6 is 23.2 Å². The number of hydrogen-bond donors (Lipinski definition) is 1. The van der Waals surface area contributed by atoms with E-state index in [1.54, 1.807) is 74.5 Å². The second-order valence-corrected chi connectivity index (χ2v) is 12.1. The second-order valence-electron chi connectivity index (χ2n) is 9.40. The zero-order chi connectivity index (χ0) is 29.3. The molecule has 3 aromatic carbocycles. The Morgan fingerprint density at radius 3 is 2.12 bits per heavy atom. The summed E-state index contributed by atoms with van der Waals surface area (Å²) < 4.78 is 28.9. The number of carbonyl (C=O) groups excluding carboxylic acids is 2. The molecule has 0 aliphatic rings. The van der Waals surface area contributed by atoms with Crippen LogP contribution in [0, 0.1) is 6.92 Å². The van der Waals surface area contributed by atoms with Gasteiger partial charge in [0.2, 0.25) is 11.8 Å². The normalized spacial score (nSPS) is 12.0. The first-order chi connectivity index (χ1) is 19.1. The van der Waals surface area contributed by atoms with E-state index in [2.05, 4.69) is 5.32 Å². The second kappa shape index (κ2) is 14.5. The molecule has 0 aliphatic heterocycles. The number of nitrogens with one attached hydrogen (secondary N) is 1. The summed E-state index contributed by atoms with van der Waals surface area (Å²) in [6.45, 7) is 5.49. The summed E-state index contributed by atoms with van der Waals surface area (Å²) in [5.41, 5.74) is 1.53. The summed E-state index contributed by atoms with van der Waals surface area (Å²) in [6.07, 6.45) is 2.00. The molecule has 3 rings (SSSR count). The van der Waals surface area contributed by atoms with Crippen LogP contribution in [-0.4, -0.2) is 44.3 Å². The maximum atomic E-state index is 14.1. The Labute approximate surface area is 247 Å². The van der Waals surface area contributed by atoms with Gasteiger partial charge in [0.15, 0.2) is 0 Å². The van der Waals surface area contributed by atoms with Crippen LogP contribution < -0.4 is 9.62 Å². The maximum Gasteiger partial charge on any atom is 0.264 e. The van der Waals surface area contributed by atoms with Crippen molar-refractivity contribution in [2.75, 3.05) is 17.4 Å². The predicted molar refractivity (Wildman–Crippen MR) is 161 cm³/mol. The van der Waals surface area contributed by atoms with Crippen molar-refractivity contribution < 1.29 is 18.0 Å². The van der Waals surface area contributed by atoms with Crippen LogP contribution in [0.5, 0.6) is 0 Å². The van der Waals surface area contributed by atoms with Crippen molar-refractivity contribution in [2.45, 2.75) is 57.5 Å². The van der Waals surface area contributed by atoms with Gasteiger partial charge in [-0.25, -0.2) is 8.42 Å². The third kappa shape index (κ3) is 7.56. The van der Waals surface area contributed by atoms with Gasteiger partial charge in [-0.15, -0.1) is 0 Å². The topological polar surface area (TPSA) is 86.8 Å². The van der Waals surface area contributed by atoms with E-state index >= 15 is 0 Å². The molecule has 0 bridgehead atoms. The van der Waals surface area contributed by atoms with Crippen molar-refractivity contribution in [3.63, 3.8) is 0 Å². The van der Waals surface area contributed by atoms with Gasteiger partial charge in [0.05, 0.1) is 10.6 Å². The highest BCUT2D eigenvalue weighted by Crippen LogP contribution is 2.29. The number of rotatable bonds is 13. The van der Waals surface area contributed by atoms with E-state index in [1.807, 2.05) is 6.92 Å². The highest BCUT2D eigenvalue weighted by atomic mass is 35.5. The monoisotopic (exact) mass is 603 g/mol. The number of benzene rings is 3. The summed E-state index contributed by atoms with van der Waals surface area (Å²) in [5, 5.41) is 3.60. The molecular formula is C30H35Cl2N3O4S. The number of amides is 2. The number of sulfonamides is 1. The van der Waals surface area contributed by atoms with Gasteiger partial charge < -0.3 is 10.2 Å². The Morgan fingerprint density at radius 2 is 1.52 bits per heavy atom. The summed E-state index contributed by atoms with van der Waals surface area (Å²) in [4.78, 5) is 28.8. The third-order valence-corrected chi connectivity index (χ3v) is 9.08. The standard InChI is InChI=1S/C30H35Cl2N3O4S/c1-4-6-19-33-30(37)27(5-2)34(20-24-25(31)16-12-17-26(24)32)29(36)21-35(28-18-11-10-13-22(28)3)40(38,39)23-14-8-7-9-15-23/h7-18,27H,4-6,19-21H2,1-3H3,(H,33,37)/t27-/m1/s1. The number of unbranched alkanes of at least 4 members (excludes halogenated alkanes) is 1. The maximum absolute atomic E-state index is 14.1. The molecule has 3 aromatic rings. The van der Waals surface area contributed by atoms with Crippen LogP contribution in [-0.2, 0) is 26.2 Å². The van der Waals surface area contributed by atoms with E-state index in [0.29, 0.717) is 39.8 Å². The molecule has 0 unspecified atom stereocenters. The fraction of sp³-hybridized carbons (Fsp3) is 0.333. The van der Waals surface area contributed by atoms with Crippen LogP contribution in [0.15, 0.2) is 77.7 Å². The molecule has 214 valence electrons. The number of aryl methyl sites for hydroxylation is 1. The van der Waals surface area contributed by atoms with Gasteiger partial charge in [0.1, 0.15) is 12.6 Å². The molecule has 0 aromatic heterocycles. The van der Waals surface area contributed by atoms with Crippen LogP contribution in [0.1, 0.15) is 44.2 Å². The van der Waals surface area contributed by atoms with Crippen molar-refractivity contribution >= 4 is 50.7 Å². The van der Waals surface area contributed by atoms with Crippen LogP contribution in [0.3, 0.4) is 0 Å². The van der Waals surface area contributed by atoms with Crippen molar-refractivity contribution in [1.29, 1.82) is 0 Å². The molecule has 0 aliphatic carbocycles. The fourth-order valence-corrected chi connectivity index (χ4v) is 6.37. The number of anilines is 1. The average Bonchev–Trinajstić information content (AvgIpc) is 2.94. The first-order valence-electron chi connectivity index (χ1n) is 13.2. The number of hydrogen-bond acceptors (Lipinski definition) is 4. The minimum atomic E-state index is -4.13. The van der Waals surface area contributed by atoms with E-state index < -0.39 is 28.5 Å². The van der Waals surface area contributed by atoms with Gasteiger partial charge >= 0.3 is 0 Å². The minimum absolute atomic E-state index is 0.0519. The van der Waals surface area contributed by atoms with E-state index in [1.165, 1.54) is 17.0 Å². The summed E-state index contributed by atoms with van der Waals surface area (Å²) in [5.74, 6) is -0.878. The van der Waals surface area contributed by atoms with Gasteiger partial charge in [0, 0.05) is 28.7 Å². The zero-order valence-corrected chi connectivity index (χ0v) is 25.3. The van der Waals surface area contributed by atoms with Crippen molar-refractivity contribution in [3.05, 3.63) is 94.0 Å². The largest absolute Gasteiger partial charge is 0.354 e. The van der Waals surface area contributed by atoms with Crippen molar-refractivity contribution in [2.24, 2.45) is 0 Å². The molecule has 7 nitrogen and oxygen atoms in total. The van der Waals surface area contributed by atoms with E-state index in [9.17, 15) is 18.0 Å². The molecule has 0 spiro atoms. The molecule has 0 saturated carbocycles. The predicted octanol–water partition coefficient (Wildman–Crippen LogP) is 6.22. The molecule has 0 heterocycles. The van der Waals surface area contributed by atoms with E-state index in [0.717, 1.165) is 17.1 Å². The highest BCUT2D eigenvalue weighted by molar-refractivity contribution is 7.92. The molecular weight excluding hydrogens is 569 g/mol. The Kier molecular flexibility index (Phi) is 11.4. The average molecular weight is 605 g/mol. The van der Waals surface area contributed by atoms with Crippen LogP contribution in [0.4, 0.5) is 5.69 Å². The lowest BCUT2D eigenvalue weighted by Crippen LogP contribution is -2.52. The molecule has 1 atom stereocenters. The Morgan fingerprint density at radius 1 is 0.900 bits per heavy atom. The van der Waals surface area contributed by atoms with Gasteiger partial charge in [-0.2, -0.15) is 0 Å². The molecule has 10 heteroatoms. The first kappa shape index (κ1) is 31.5. The van der Waals surface area contributed by atoms with Crippen LogP contribution in [0.25, 0.3) is 0 Å². The highest BCUT2D eigenvalue weighted by Gasteiger charge is 2.34. The number of carbonyl (C=O) groups is 2. The lowest BCUT2D eigenvalue weighted by Gasteiger charge is -2.34. The SMILES string of the molecule is CCCCNC(=O)[C@@H](CC)N(Cc1c(Cl)cccc1Cl)C(=O)CN(c1ccccc1C)S(=O)(=O)c1ccccc1. The van der Waals surface area contributed by atoms with Crippen LogP contribution in [0.2, 0.25) is 10.0 Å². The van der Waals surface area contributed by atoms with Gasteiger partial charge in [-0.1, -0.05) is 85.9 Å². The third-order valence-electron chi connectivity index (χ3n) is 6.60. The first-order valence-corrected chi connectivity index (χ1v) is 15.4. The molecule has 40 heavy (non-hydrogen) atoms. The van der Waals surface area contributed by atoms with Gasteiger partial charge in [-0.05, 0) is 55.7 Å². The number of halogens is 2. The lowest BCUT2D eigenvalue weighted by molar-refractivity contribution is -0.140. The summed E-state index contributed by atoms with van der Waals surface area (Å²) in [7, 11) is -4.13. The van der Waals surface area contributed by atoms with E-state index in [-0.39, 0.29) is 17.3 Å². The summed E-state index contributed by atoms with van der Waals surface area (Å²) in [6, 6.07) is 19.1. The number of nitrogens with zero attached hydrogens (tertiary/aromatic N) is 2. The summed E-state index contributed by atoms with van der Waals surface area (Å²) >= 11 is 12.9. The Balaban J connectivity index is 2.08. The Hall–Kier alpha value is -3.07. The lowest BCUT2D eigenvalue weighted by atomic mass is 10.1. The molecule has 1 N–H and O–H groups in total. The Bertz CT molecular complexity index is 1400. The smallest absolute Gasteiger partial charge is 0.264 e.